The van der Waals surface area contributed by atoms with E-state index in [0.717, 1.165) is 17.9 Å². The first-order valence-electron chi connectivity index (χ1n) is 7.86. The number of carbonyl (C=O) groups is 1. The third-order valence-corrected chi connectivity index (χ3v) is 7.65. The van der Waals surface area contributed by atoms with E-state index in [-0.39, 0.29) is 16.5 Å². The van der Waals surface area contributed by atoms with Crippen molar-refractivity contribution < 1.29 is 13.2 Å². The van der Waals surface area contributed by atoms with Crippen LogP contribution in [0.1, 0.15) is 29.8 Å². The maximum Gasteiger partial charge on any atom is 0.271 e. The van der Waals surface area contributed by atoms with Crippen molar-refractivity contribution in [1.29, 1.82) is 5.26 Å². The molecule has 2 heterocycles. The average molecular weight is 368 g/mol. The predicted molar refractivity (Wildman–Crippen MR) is 91.2 cm³/mol. The fraction of sp³-hybridized carbons (Fsp3) is 0.600. The first kappa shape index (κ1) is 17.3. The smallest absolute Gasteiger partial charge is 0.271 e. The maximum absolute atomic E-state index is 12.6. The highest BCUT2D eigenvalue weighted by atomic mass is 32.2. The number of nitrogens with zero attached hydrogens (tertiary/aromatic N) is 3. The van der Waals surface area contributed by atoms with Crippen LogP contribution in [0.3, 0.4) is 0 Å². The Morgan fingerprint density at radius 2 is 2.08 bits per heavy atom. The van der Waals surface area contributed by atoms with Crippen LogP contribution in [0.4, 0.5) is 0 Å². The minimum absolute atomic E-state index is 0.103. The van der Waals surface area contributed by atoms with Crippen molar-refractivity contribution in [2.24, 2.45) is 0 Å². The van der Waals surface area contributed by atoms with E-state index in [4.69, 9.17) is 0 Å². The lowest BCUT2D eigenvalue weighted by Crippen LogP contribution is -2.53. The fourth-order valence-electron chi connectivity index (χ4n) is 2.99. The lowest BCUT2D eigenvalue weighted by molar-refractivity contribution is 0.0492. The standard InChI is InChI=1S/C15H20N4O3S2/c1-18(15(11-16)3-2-4-15)14(20)13-9-12(10-17-13)24(21,22)19-5-7-23-8-6-19/h9-10,17H,2-8H2,1H3. The van der Waals surface area contributed by atoms with E-state index >= 15 is 0 Å². The summed E-state index contributed by atoms with van der Waals surface area (Å²) >= 11 is 1.73. The van der Waals surface area contributed by atoms with Crippen LogP contribution in [0.2, 0.25) is 0 Å². The molecule has 1 aromatic rings. The lowest BCUT2D eigenvalue weighted by atomic mass is 9.76. The zero-order chi connectivity index (χ0) is 17.4. The van der Waals surface area contributed by atoms with Gasteiger partial charge in [0.1, 0.15) is 16.1 Å². The second-order valence-corrected chi connectivity index (χ2v) is 9.29. The number of thioether (sulfide) groups is 1. The Hall–Kier alpha value is -1.50. The van der Waals surface area contributed by atoms with Crippen molar-refractivity contribution >= 4 is 27.7 Å². The molecule has 0 bridgehead atoms. The van der Waals surface area contributed by atoms with Crippen LogP contribution in [-0.2, 0) is 10.0 Å². The normalized spacial score (nSPS) is 20.8. The Morgan fingerprint density at radius 1 is 1.42 bits per heavy atom. The Morgan fingerprint density at radius 3 is 2.62 bits per heavy atom. The van der Waals surface area contributed by atoms with E-state index in [0.29, 0.717) is 25.9 Å². The summed E-state index contributed by atoms with van der Waals surface area (Å²) in [7, 11) is -1.98. The Bertz CT molecular complexity index is 771. The molecule has 0 atom stereocenters. The molecule has 9 heteroatoms. The summed E-state index contributed by atoms with van der Waals surface area (Å²) in [5, 5.41) is 9.35. The number of H-pyrrole nitrogens is 1. The van der Waals surface area contributed by atoms with Gasteiger partial charge in [0.2, 0.25) is 10.0 Å². The molecule has 0 unspecified atom stereocenters. The second-order valence-electron chi connectivity index (χ2n) is 6.13. The molecule has 1 amide bonds. The van der Waals surface area contributed by atoms with Gasteiger partial charge in [0.05, 0.1) is 6.07 Å². The number of amides is 1. The Labute approximate surface area is 146 Å². The highest BCUT2D eigenvalue weighted by Gasteiger charge is 2.44. The maximum atomic E-state index is 12.6. The molecule has 0 radical (unpaired) electrons. The van der Waals surface area contributed by atoms with E-state index in [9.17, 15) is 18.5 Å². The molecule has 3 rings (SSSR count). The van der Waals surface area contributed by atoms with E-state index < -0.39 is 15.6 Å². The molecular formula is C15H20N4O3S2. The number of aromatic nitrogens is 1. The Balaban J connectivity index is 1.80. The quantitative estimate of drug-likeness (QED) is 0.863. The van der Waals surface area contributed by atoms with Gasteiger partial charge in [-0.1, -0.05) is 0 Å². The van der Waals surface area contributed by atoms with Crippen molar-refractivity contribution in [2.75, 3.05) is 31.6 Å². The van der Waals surface area contributed by atoms with Crippen LogP contribution in [0.15, 0.2) is 17.2 Å². The zero-order valence-corrected chi connectivity index (χ0v) is 15.1. The van der Waals surface area contributed by atoms with Crippen LogP contribution in [-0.4, -0.2) is 65.7 Å². The lowest BCUT2D eigenvalue weighted by Gasteiger charge is -2.42. The number of carbonyl (C=O) groups excluding carboxylic acids is 1. The van der Waals surface area contributed by atoms with Crippen LogP contribution in [0.5, 0.6) is 0 Å². The molecule has 2 fully saturated rings. The van der Waals surface area contributed by atoms with Crippen molar-refractivity contribution in [3.63, 3.8) is 0 Å². The fourth-order valence-corrected chi connectivity index (χ4v) is 5.56. The summed E-state index contributed by atoms with van der Waals surface area (Å²) in [6.45, 7) is 0.970. The topological polar surface area (TPSA) is 97.3 Å². The van der Waals surface area contributed by atoms with Gasteiger partial charge >= 0.3 is 0 Å². The van der Waals surface area contributed by atoms with Gasteiger partial charge in [-0.15, -0.1) is 0 Å². The number of hydrogen-bond donors (Lipinski definition) is 1. The van der Waals surface area contributed by atoms with Gasteiger partial charge in [0, 0.05) is 37.8 Å². The summed E-state index contributed by atoms with van der Waals surface area (Å²) < 4.78 is 26.7. The first-order valence-corrected chi connectivity index (χ1v) is 10.5. The van der Waals surface area contributed by atoms with Gasteiger partial charge in [-0.3, -0.25) is 4.79 Å². The Kier molecular flexibility index (Phi) is 4.64. The third kappa shape index (κ3) is 2.83. The molecule has 1 aliphatic heterocycles. The van der Waals surface area contributed by atoms with Gasteiger partial charge in [0.15, 0.2) is 0 Å². The first-order chi connectivity index (χ1) is 11.4. The summed E-state index contributed by atoms with van der Waals surface area (Å²) in [4.78, 5) is 16.9. The molecule has 24 heavy (non-hydrogen) atoms. The van der Waals surface area contributed by atoms with Crippen LogP contribution >= 0.6 is 11.8 Å². The summed E-state index contributed by atoms with van der Waals surface area (Å²) in [5.41, 5.74) is -0.560. The number of hydrogen-bond acceptors (Lipinski definition) is 5. The number of nitrogens with one attached hydrogen (secondary N) is 1. The van der Waals surface area contributed by atoms with E-state index in [2.05, 4.69) is 11.1 Å². The van der Waals surface area contributed by atoms with Crippen LogP contribution in [0.25, 0.3) is 0 Å². The molecule has 1 aromatic heterocycles. The highest BCUT2D eigenvalue weighted by molar-refractivity contribution is 7.99. The summed E-state index contributed by atoms with van der Waals surface area (Å²) in [6, 6.07) is 3.59. The molecule has 2 aliphatic rings. The largest absolute Gasteiger partial charge is 0.356 e. The van der Waals surface area contributed by atoms with Gasteiger partial charge in [-0.2, -0.15) is 21.3 Å². The molecule has 130 valence electrons. The molecule has 1 saturated heterocycles. The SMILES string of the molecule is CN(C(=O)c1cc(S(=O)(=O)N2CCSCC2)c[nH]1)C1(C#N)CCC1. The van der Waals surface area contributed by atoms with E-state index in [1.165, 1.54) is 21.5 Å². The van der Waals surface area contributed by atoms with Crippen molar-refractivity contribution in [1.82, 2.24) is 14.2 Å². The molecule has 1 N–H and O–H groups in total. The molecule has 1 aliphatic carbocycles. The average Bonchev–Trinajstić information content (AvgIpc) is 3.05. The van der Waals surface area contributed by atoms with Crippen molar-refractivity contribution in [3.05, 3.63) is 18.0 Å². The van der Waals surface area contributed by atoms with Gasteiger partial charge < -0.3 is 9.88 Å². The van der Waals surface area contributed by atoms with Crippen LogP contribution in [0, 0.1) is 11.3 Å². The molecule has 7 nitrogen and oxygen atoms in total. The minimum atomic E-state index is -3.58. The van der Waals surface area contributed by atoms with Gasteiger partial charge in [-0.25, -0.2) is 8.42 Å². The predicted octanol–water partition coefficient (Wildman–Crippen LogP) is 1.27. The summed E-state index contributed by atoms with van der Waals surface area (Å²) in [5.74, 6) is 1.21. The third-order valence-electron chi connectivity index (χ3n) is 4.83. The monoisotopic (exact) mass is 368 g/mol. The molecular weight excluding hydrogens is 348 g/mol. The minimum Gasteiger partial charge on any atom is -0.356 e. The van der Waals surface area contributed by atoms with E-state index in [1.54, 1.807) is 18.8 Å². The number of rotatable bonds is 4. The number of nitriles is 1. The van der Waals surface area contributed by atoms with Crippen LogP contribution < -0.4 is 0 Å². The number of aromatic amines is 1. The van der Waals surface area contributed by atoms with Crippen molar-refractivity contribution in [3.8, 4) is 6.07 Å². The van der Waals surface area contributed by atoms with Gasteiger partial charge in [-0.05, 0) is 25.3 Å². The van der Waals surface area contributed by atoms with E-state index in [1.807, 2.05) is 0 Å². The van der Waals surface area contributed by atoms with Crippen molar-refractivity contribution in [2.45, 2.75) is 29.7 Å². The highest BCUT2D eigenvalue weighted by Crippen LogP contribution is 2.37. The molecule has 0 spiro atoms. The van der Waals surface area contributed by atoms with Gasteiger partial charge in [0.25, 0.3) is 5.91 Å². The zero-order valence-electron chi connectivity index (χ0n) is 13.5. The molecule has 1 saturated carbocycles. The second kappa shape index (κ2) is 6.43. The molecule has 0 aromatic carbocycles. The summed E-state index contributed by atoms with van der Waals surface area (Å²) in [6.07, 6.45) is 3.59. The number of sulfonamides is 1.